The Bertz CT molecular complexity index is 1130. The molecule has 1 N–H and O–H groups in total. The number of carbonyl (C=O) groups excluding carboxylic acids is 3. The van der Waals surface area contributed by atoms with E-state index in [2.05, 4.69) is 10.3 Å². The van der Waals surface area contributed by atoms with Crippen molar-refractivity contribution in [1.29, 1.82) is 0 Å². The Balaban J connectivity index is 1.42. The number of pyridine rings is 1. The van der Waals surface area contributed by atoms with Crippen LogP contribution in [-0.4, -0.2) is 47.9 Å². The third kappa shape index (κ3) is 4.35. The van der Waals surface area contributed by atoms with Gasteiger partial charge in [0.25, 0.3) is 17.7 Å². The standard InChI is InChI=1S/C24H21N3O5/c1-31-13-14-32-22-20(7-4-12-25-22)26-21(28)17-10-8-16(9-11-17)15-27-23(29)18-5-2-3-6-19(18)24(27)30/h2-12H,13-15H2,1H3,(H,26,28). The molecule has 3 amide bonds. The lowest BCUT2D eigenvalue weighted by Gasteiger charge is -2.14. The Hall–Kier alpha value is -4.04. The van der Waals surface area contributed by atoms with Crippen molar-refractivity contribution in [3.05, 3.63) is 89.1 Å². The van der Waals surface area contributed by atoms with Gasteiger partial charge in [-0.05, 0) is 42.0 Å². The van der Waals surface area contributed by atoms with E-state index >= 15 is 0 Å². The molecule has 32 heavy (non-hydrogen) atoms. The monoisotopic (exact) mass is 431 g/mol. The molecule has 3 aromatic rings. The van der Waals surface area contributed by atoms with Crippen molar-refractivity contribution in [3.63, 3.8) is 0 Å². The minimum Gasteiger partial charge on any atom is -0.474 e. The summed E-state index contributed by atoms with van der Waals surface area (Å²) in [6.45, 7) is 0.843. The fraction of sp³-hybridized carbons (Fsp3) is 0.167. The Morgan fingerprint density at radius 3 is 2.28 bits per heavy atom. The molecular formula is C24H21N3O5. The van der Waals surface area contributed by atoms with Crippen LogP contribution in [0.15, 0.2) is 66.9 Å². The highest BCUT2D eigenvalue weighted by Crippen LogP contribution is 2.25. The van der Waals surface area contributed by atoms with Gasteiger partial charge in [-0.25, -0.2) is 4.98 Å². The van der Waals surface area contributed by atoms with Gasteiger partial charge < -0.3 is 14.8 Å². The number of nitrogens with one attached hydrogen (secondary N) is 1. The molecule has 8 nitrogen and oxygen atoms in total. The minimum absolute atomic E-state index is 0.133. The van der Waals surface area contributed by atoms with Crippen molar-refractivity contribution in [2.75, 3.05) is 25.6 Å². The zero-order chi connectivity index (χ0) is 22.5. The van der Waals surface area contributed by atoms with Crippen LogP contribution in [0.3, 0.4) is 0 Å². The van der Waals surface area contributed by atoms with Gasteiger partial charge in [0, 0.05) is 18.9 Å². The zero-order valence-corrected chi connectivity index (χ0v) is 17.4. The third-order valence-electron chi connectivity index (χ3n) is 4.98. The first-order valence-electron chi connectivity index (χ1n) is 10.0. The summed E-state index contributed by atoms with van der Waals surface area (Å²) in [6, 6.07) is 16.9. The Morgan fingerprint density at radius 2 is 1.62 bits per heavy atom. The molecule has 4 rings (SSSR count). The van der Waals surface area contributed by atoms with Gasteiger partial charge in [0.15, 0.2) is 0 Å². The predicted octanol–water partition coefficient (Wildman–Crippen LogP) is 3.16. The average molecular weight is 431 g/mol. The molecule has 0 radical (unpaired) electrons. The molecule has 0 saturated heterocycles. The summed E-state index contributed by atoms with van der Waals surface area (Å²) in [4.78, 5) is 43.1. The summed E-state index contributed by atoms with van der Waals surface area (Å²) >= 11 is 0. The van der Waals surface area contributed by atoms with Crippen LogP contribution in [0.4, 0.5) is 5.69 Å². The van der Waals surface area contributed by atoms with Crippen molar-refractivity contribution in [1.82, 2.24) is 9.88 Å². The van der Waals surface area contributed by atoms with Gasteiger partial charge in [-0.3, -0.25) is 19.3 Å². The summed E-state index contributed by atoms with van der Waals surface area (Å²) < 4.78 is 10.5. The third-order valence-corrected chi connectivity index (χ3v) is 4.98. The van der Waals surface area contributed by atoms with Crippen LogP contribution >= 0.6 is 0 Å². The van der Waals surface area contributed by atoms with E-state index in [0.29, 0.717) is 41.5 Å². The second-order valence-corrected chi connectivity index (χ2v) is 7.09. The summed E-state index contributed by atoms with van der Waals surface area (Å²) in [5.74, 6) is -0.656. The smallest absolute Gasteiger partial charge is 0.261 e. The molecule has 1 aliphatic heterocycles. The van der Waals surface area contributed by atoms with Crippen LogP contribution in [0.5, 0.6) is 5.88 Å². The number of methoxy groups -OCH3 is 1. The lowest BCUT2D eigenvalue weighted by Crippen LogP contribution is -2.29. The molecule has 1 aliphatic rings. The topological polar surface area (TPSA) is 97.8 Å². The summed E-state index contributed by atoms with van der Waals surface area (Å²) in [7, 11) is 1.57. The largest absolute Gasteiger partial charge is 0.474 e. The molecule has 0 spiro atoms. The molecule has 0 fully saturated rings. The Kier molecular flexibility index (Phi) is 6.23. The van der Waals surface area contributed by atoms with Crippen molar-refractivity contribution in [2.45, 2.75) is 6.54 Å². The number of hydrogen-bond donors (Lipinski definition) is 1. The van der Waals surface area contributed by atoms with E-state index in [1.165, 1.54) is 4.90 Å². The van der Waals surface area contributed by atoms with Crippen molar-refractivity contribution >= 4 is 23.4 Å². The molecule has 8 heteroatoms. The van der Waals surface area contributed by atoms with Crippen molar-refractivity contribution < 1.29 is 23.9 Å². The number of imide groups is 1. The molecule has 2 aromatic carbocycles. The molecule has 0 bridgehead atoms. The summed E-state index contributed by atoms with van der Waals surface area (Å²) in [6.07, 6.45) is 1.58. The van der Waals surface area contributed by atoms with Crippen LogP contribution in [-0.2, 0) is 11.3 Å². The van der Waals surface area contributed by atoms with Gasteiger partial charge in [-0.15, -0.1) is 0 Å². The maximum absolute atomic E-state index is 12.7. The summed E-state index contributed by atoms with van der Waals surface area (Å²) in [5.41, 5.74) is 2.43. The van der Waals surface area contributed by atoms with Gasteiger partial charge in [0.1, 0.15) is 12.3 Å². The van der Waals surface area contributed by atoms with E-state index in [9.17, 15) is 14.4 Å². The van der Waals surface area contributed by atoms with Gasteiger partial charge in [-0.2, -0.15) is 0 Å². The number of nitrogens with zero attached hydrogens (tertiary/aromatic N) is 2. The Morgan fingerprint density at radius 1 is 0.938 bits per heavy atom. The second-order valence-electron chi connectivity index (χ2n) is 7.09. The highest BCUT2D eigenvalue weighted by atomic mass is 16.5. The first kappa shape index (κ1) is 21.2. The molecule has 0 saturated carbocycles. The zero-order valence-electron chi connectivity index (χ0n) is 17.4. The summed E-state index contributed by atoms with van der Waals surface area (Å²) in [5, 5.41) is 2.79. The van der Waals surface area contributed by atoms with Crippen LogP contribution in [0.25, 0.3) is 0 Å². The highest BCUT2D eigenvalue weighted by Gasteiger charge is 2.34. The van der Waals surface area contributed by atoms with Crippen LogP contribution in [0, 0.1) is 0 Å². The first-order valence-corrected chi connectivity index (χ1v) is 10.0. The normalized spacial score (nSPS) is 12.6. The van der Waals surface area contributed by atoms with Crippen molar-refractivity contribution in [2.24, 2.45) is 0 Å². The van der Waals surface area contributed by atoms with Gasteiger partial charge >= 0.3 is 0 Å². The van der Waals surface area contributed by atoms with E-state index in [1.807, 2.05) is 0 Å². The number of hydrogen-bond acceptors (Lipinski definition) is 6. The lowest BCUT2D eigenvalue weighted by molar-refractivity contribution is 0.0642. The van der Waals surface area contributed by atoms with Crippen LogP contribution in [0.2, 0.25) is 0 Å². The van der Waals surface area contributed by atoms with Crippen molar-refractivity contribution in [3.8, 4) is 5.88 Å². The molecule has 0 atom stereocenters. The molecular weight excluding hydrogens is 410 g/mol. The second kappa shape index (κ2) is 9.40. The molecule has 0 aliphatic carbocycles. The number of amides is 3. The SMILES string of the molecule is COCCOc1ncccc1NC(=O)c1ccc(CN2C(=O)c3ccccc3C2=O)cc1. The van der Waals surface area contributed by atoms with Gasteiger partial charge in [0.05, 0.1) is 24.3 Å². The number of rotatable bonds is 8. The van der Waals surface area contributed by atoms with E-state index in [0.717, 1.165) is 5.56 Å². The van der Waals surface area contributed by atoms with E-state index < -0.39 is 0 Å². The number of aromatic nitrogens is 1. The number of carbonyl (C=O) groups is 3. The van der Waals surface area contributed by atoms with Crippen LogP contribution in [0.1, 0.15) is 36.6 Å². The van der Waals surface area contributed by atoms with Gasteiger partial charge in [-0.1, -0.05) is 24.3 Å². The van der Waals surface area contributed by atoms with E-state index in [1.54, 1.807) is 74.0 Å². The van der Waals surface area contributed by atoms with Crippen LogP contribution < -0.4 is 10.1 Å². The number of fused-ring (bicyclic) bond motifs is 1. The first-order chi connectivity index (χ1) is 15.6. The molecule has 1 aromatic heterocycles. The molecule has 162 valence electrons. The van der Waals surface area contributed by atoms with Gasteiger partial charge in [0.2, 0.25) is 5.88 Å². The maximum atomic E-state index is 12.7. The van der Waals surface area contributed by atoms with E-state index in [4.69, 9.17) is 9.47 Å². The Labute approximate surface area is 184 Å². The number of anilines is 1. The minimum atomic E-state index is -0.332. The quantitative estimate of drug-likeness (QED) is 0.435. The molecule has 0 unspecified atom stereocenters. The fourth-order valence-electron chi connectivity index (χ4n) is 3.34. The highest BCUT2D eigenvalue weighted by molar-refractivity contribution is 6.21. The number of ether oxygens (including phenoxy) is 2. The average Bonchev–Trinajstić information content (AvgIpc) is 3.06. The molecule has 2 heterocycles. The lowest BCUT2D eigenvalue weighted by atomic mass is 10.1. The predicted molar refractivity (Wildman–Crippen MR) is 117 cm³/mol. The maximum Gasteiger partial charge on any atom is 0.261 e. The number of benzene rings is 2. The fourth-order valence-corrected chi connectivity index (χ4v) is 3.34. The van der Waals surface area contributed by atoms with E-state index in [-0.39, 0.29) is 24.3 Å².